The van der Waals surface area contributed by atoms with Crippen molar-refractivity contribution in [1.82, 2.24) is 0 Å². The van der Waals surface area contributed by atoms with Crippen LogP contribution in [0, 0.1) is 5.92 Å². The van der Waals surface area contributed by atoms with Crippen LogP contribution in [-0.4, -0.2) is 6.29 Å². The van der Waals surface area contributed by atoms with E-state index in [2.05, 4.69) is 32.9 Å². The predicted molar refractivity (Wildman–Crippen MR) is 69.3 cm³/mol. The van der Waals surface area contributed by atoms with Gasteiger partial charge < -0.3 is 0 Å². The summed E-state index contributed by atoms with van der Waals surface area (Å²) in [5, 5.41) is 0. The van der Waals surface area contributed by atoms with E-state index < -0.39 is 0 Å². The lowest BCUT2D eigenvalue weighted by Gasteiger charge is -2.07. The normalized spacial score (nSPS) is 22.9. The molecule has 0 spiro atoms. The average Bonchev–Trinajstić information content (AvgIpc) is 2.66. The molecular formula is C15H22O. The van der Waals surface area contributed by atoms with E-state index in [-0.39, 0.29) is 0 Å². The van der Waals surface area contributed by atoms with Crippen molar-refractivity contribution in [3.63, 3.8) is 0 Å². The first kappa shape index (κ1) is 13.0. The summed E-state index contributed by atoms with van der Waals surface area (Å²) in [4.78, 5) is 11.1. The van der Waals surface area contributed by atoms with Crippen LogP contribution in [0.2, 0.25) is 0 Å². The summed E-state index contributed by atoms with van der Waals surface area (Å²) in [6, 6.07) is 0. The molecule has 0 unspecified atom stereocenters. The molecule has 0 bridgehead atoms. The molecule has 1 nitrogen and oxygen atoms in total. The first-order valence-electron chi connectivity index (χ1n) is 6.16. The molecule has 0 aromatic rings. The SMILES string of the molecule is C/C=C(\C=C(/C)CC)C1=C(C=O)[C@H](C)CC1. The monoisotopic (exact) mass is 218 g/mol. The number of allylic oxidation sites excluding steroid dienone is 6. The van der Waals surface area contributed by atoms with Crippen molar-refractivity contribution in [2.24, 2.45) is 5.92 Å². The van der Waals surface area contributed by atoms with Gasteiger partial charge in [0.2, 0.25) is 0 Å². The molecule has 0 amide bonds. The number of aldehydes is 1. The van der Waals surface area contributed by atoms with Crippen molar-refractivity contribution in [2.75, 3.05) is 0 Å². The molecule has 0 heterocycles. The summed E-state index contributed by atoms with van der Waals surface area (Å²) in [7, 11) is 0. The van der Waals surface area contributed by atoms with E-state index in [1.54, 1.807) is 0 Å². The van der Waals surface area contributed by atoms with Crippen molar-refractivity contribution >= 4 is 6.29 Å². The number of carbonyl (C=O) groups excluding carboxylic acids is 1. The van der Waals surface area contributed by atoms with Crippen molar-refractivity contribution in [3.8, 4) is 0 Å². The fourth-order valence-electron chi connectivity index (χ4n) is 2.17. The minimum absolute atomic E-state index is 0.429. The fraction of sp³-hybridized carbons (Fsp3) is 0.533. The third-order valence-electron chi connectivity index (χ3n) is 3.45. The summed E-state index contributed by atoms with van der Waals surface area (Å²) in [5.74, 6) is 0.429. The van der Waals surface area contributed by atoms with Crippen LogP contribution in [0.15, 0.2) is 34.4 Å². The summed E-state index contributed by atoms with van der Waals surface area (Å²) < 4.78 is 0. The lowest BCUT2D eigenvalue weighted by Crippen LogP contribution is -1.96. The van der Waals surface area contributed by atoms with Crippen LogP contribution in [-0.2, 0) is 4.79 Å². The van der Waals surface area contributed by atoms with Gasteiger partial charge in [-0.05, 0) is 55.7 Å². The Balaban J connectivity index is 3.07. The smallest absolute Gasteiger partial charge is 0.146 e. The van der Waals surface area contributed by atoms with Crippen LogP contribution in [0.5, 0.6) is 0 Å². The minimum atomic E-state index is 0.429. The van der Waals surface area contributed by atoms with E-state index in [9.17, 15) is 4.79 Å². The first-order chi connectivity index (χ1) is 7.63. The van der Waals surface area contributed by atoms with Gasteiger partial charge in [0.05, 0.1) is 0 Å². The number of hydrogen-bond acceptors (Lipinski definition) is 1. The summed E-state index contributed by atoms with van der Waals surface area (Å²) in [6.45, 7) is 8.49. The Morgan fingerprint density at radius 2 is 2.19 bits per heavy atom. The molecule has 0 N–H and O–H groups in total. The van der Waals surface area contributed by atoms with Crippen LogP contribution in [0.3, 0.4) is 0 Å². The molecule has 0 saturated carbocycles. The zero-order valence-electron chi connectivity index (χ0n) is 10.8. The molecule has 1 aliphatic carbocycles. The Bertz CT molecular complexity index is 356. The second kappa shape index (κ2) is 5.83. The Morgan fingerprint density at radius 3 is 2.69 bits per heavy atom. The molecule has 88 valence electrons. The van der Waals surface area contributed by atoms with Gasteiger partial charge in [-0.2, -0.15) is 0 Å². The molecule has 1 aliphatic rings. The van der Waals surface area contributed by atoms with Gasteiger partial charge in [-0.25, -0.2) is 0 Å². The molecule has 0 fully saturated rings. The quantitative estimate of drug-likeness (QED) is 0.510. The van der Waals surface area contributed by atoms with Crippen molar-refractivity contribution in [2.45, 2.75) is 47.0 Å². The second-order valence-electron chi connectivity index (χ2n) is 4.58. The zero-order chi connectivity index (χ0) is 12.1. The highest BCUT2D eigenvalue weighted by Gasteiger charge is 2.22. The third kappa shape index (κ3) is 2.72. The number of carbonyl (C=O) groups is 1. The van der Waals surface area contributed by atoms with Gasteiger partial charge >= 0.3 is 0 Å². The second-order valence-corrected chi connectivity index (χ2v) is 4.58. The maximum Gasteiger partial charge on any atom is 0.146 e. The molecule has 16 heavy (non-hydrogen) atoms. The molecule has 0 aliphatic heterocycles. The van der Waals surface area contributed by atoms with Crippen molar-refractivity contribution in [1.29, 1.82) is 0 Å². The molecule has 1 rings (SSSR count). The topological polar surface area (TPSA) is 17.1 Å². The van der Waals surface area contributed by atoms with E-state index in [1.807, 2.05) is 6.92 Å². The Labute approximate surface area is 98.9 Å². The minimum Gasteiger partial charge on any atom is -0.298 e. The molecular weight excluding hydrogens is 196 g/mol. The van der Waals surface area contributed by atoms with Gasteiger partial charge in [0.15, 0.2) is 0 Å². The van der Waals surface area contributed by atoms with E-state index in [1.165, 1.54) is 16.7 Å². The fourth-order valence-corrected chi connectivity index (χ4v) is 2.17. The van der Waals surface area contributed by atoms with Gasteiger partial charge in [0.1, 0.15) is 6.29 Å². The van der Waals surface area contributed by atoms with Crippen LogP contribution in [0.4, 0.5) is 0 Å². The van der Waals surface area contributed by atoms with E-state index in [0.29, 0.717) is 5.92 Å². The van der Waals surface area contributed by atoms with Crippen molar-refractivity contribution < 1.29 is 4.79 Å². The van der Waals surface area contributed by atoms with Gasteiger partial charge in [0.25, 0.3) is 0 Å². The number of rotatable bonds is 4. The van der Waals surface area contributed by atoms with Crippen LogP contribution >= 0.6 is 0 Å². The van der Waals surface area contributed by atoms with Crippen molar-refractivity contribution in [3.05, 3.63) is 34.4 Å². The average molecular weight is 218 g/mol. The molecule has 1 atom stereocenters. The third-order valence-corrected chi connectivity index (χ3v) is 3.45. The molecule has 0 aromatic heterocycles. The summed E-state index contributed by atoms with van der Waals surface area (Å²) in [6.07, 6.45) is 8.61. The van der Waals surface area contributed by atoms with Crippen LogP contribution < -0.4 is 0 Å². The van der Waals surface area contributed by atoms with E-state index in [0.717, 1.165) is 31.1 Å². The van der Waals surface area contributed by atoms with Gasteiger partial charge in [-0.15, -0.1) is 0 Å². The van der Waals surface area contributed by atoms with Crippen LogP contribution in [0.25, 0.3) is 0 Å². The van der Waals surface area contributed by atoms with Gasteiger partial charge in [-0.3, -0.25) is 4.79 Å². The summed E-state index contributed by atoms with van der Waals surface area (Å²) in [5.41, 5.74) is 4.88. The lowest BCUT2D eigenvalue weighted by atomic mass is 9.98. The maximum atomic E-state index is 11.1. The van der Waals surface area contributed by atoms with E-state index in [4.69, 9.17) is 0 Å². The highest BCUT2D eigenvalue weighted by molar-refractivity contribution is 5.78. The molecule has 0 saturated heterocycles. The standard InChI is InChI=1S/C15H22O/c1-5-11(3)9-13(6-2)14-8-7-12(4)15(14)10-16/h6,9-10,12H,5,7-8H2,1-4H3/b11-9+,13-6+/t12-/m1/s1. The Hall–Kier alpha value is -1.11. The van der Waals surface area contributed by atoms with E-state index >= 15 is 0 Å². The first-order valence-corrected chi connectivity index (χ1v) is 6.16. The largest absolute Gasteiger partial charge is 0.298 e. The lowest BCUT2D eigenvalue weighted by molar-refractivity contribution is -0.105. The van der Waals surface area contributed by atoms with Gasteiger partial charge in [-0.1, -0.05) is 31.6 Å². The maximum absolute atomic E-state index is 11.1. The van der Waals surface area contributed by atoms with Crippen LogP contribution in [0.1, 0.15) is 47.0 Å². The zero-order valence-corrected chi connectivity index (χ0v) is 10.8. The van der Waals surface area contributed by atoms with Gasteiger partial charge in [0, 0.05) is 0 Å². The number of hydrogen-bond donors (Lipinski definition) is 0. The molecule has 0 radical (unpaired) electrons. The Kier molecular flexibility index (Phi) is 4.72. The summed E-state index contributed by atoms with van der Waals surface area (Å²) >= 11 is 0. The predicted octanol–water partition coefficient (Wildman–Crippen LogP) is 4.21. The molecule has 0 aromatic carbocycles. The Morgan fingerprint density at radius 1 is 1.50 bits per heavy atom. The highest BCUT2D eigenvalue weighted by Crippen LogP contribution is 2.35. The highest BCUT2D eigenvalue weighted by atomic mass is 16.1. The molecule has 1 heteroatoms.